The summed E-state index contributed by atoms with van der Waals surface area (Å²) in [6.45, 7) is 10.3. The highest BCUT2D eigenvalue weighted by Crippen LogP contribution is 2.57. The molecule has 0 heterocycles. The molecule has 0 fully saturated rings. The maximum Gasteiger partial charge on any atom is 0.140 e. The smallest absolute Gasteiger partial charge is 0.140 e. The summed E-state index contributed by atoms with van der Waals surface area (Å²) in [7, 11) is -4.85. The zero-order valence-electron chi connectivity index (χ0n) is 10.9. The molecule has 0 bridgehead atoms. The van der Waals surface area contributed by atoms with E-state index in [0.29, 0.717) is 0 Å². The quantitative estimate of drug-likeness (QED) is 0.613. The summed E-state index contributed by atoms with van der Waals surface area (Å²) in [5, 5.41) is 7.99. The van der Waals surface area contributed by atoms with Crippen LogP contribution in [0.25, 0.3) is 0 Å². The molecular formula is C10H25O4PS. The van der Waals surface area contributed by atoms with Gasteiger partial charge in [-0.1, -0.05) is 0 Å². The lowest BCUT2D eigenvalue weighted by atomic mass is 10.9. The van der Waals surface area contributed by atoms with Crippen molar-refractivity contribution in [2.24, 2.45) is 0 Å². The Morgan fingerprint density at radius 2 is 1.25 bits per heavy atom. The number of aliphatic hydroxyl groups excluding tert-OH is 1. The van der Waals surface area contributed by atoms with Crippen molar-refractivity contribution in [2.45, 2.75) is 40.1 Å². The summed E-state index contributed by atoms with van der Waals surface area (Å²) >= 11 is 0. The van der Waals surface area contributed by atoms with Crippen LogP contribution in [0.1, 0.15) is 34.6 Å². The van der Waals surface area contributed by atoms with Crippen molar-refractivity contribution >= 4 is 17.4 Å². The van der Waals surface area contributed by atoms with Crippen LogP contribution < -0.4 is 0 Å². The van der Waals surface area contributed by atoms with Crippen molar-refractivity contribution in [3.05, 3.63) is 0 Å². The van der Waals surface area contributed by atoms with E-state index in [1.165, 1.54) is 24.6 Å². The van der Waals surface area contributed by atoms with E-state index in [4.69, 9.17) is 5.11 Å². The molecule has 0 aliphatic heterocycles. The van der Waals surface area contributed by atoms with Gasteiger partial charge in [0.05, 0.1) is 24.6 Å². The van der Waals surface area contributed by atoms with Crippen molar-refractivity contribution in [3.63, 3.8) is 0 Å². The maximum atomic E-state index is 9.53. The van der Waals surface area contributed by atoms with Gasteiger partial charge < -0.3 is 9.66 Å². The van der Waals surface area contributed by atoms with E-state index in [1.807, 2.05) is 0 Å². The molecule has 4 nitrogen and oxygen atoms in total. The molecule has 0 aromatic carbocycles. The van der Waals surface area contributed by atoms with Crippen LogP contribution in [0.15, 0.2) is 0 Å². The molecule has 1 atom stereocenters. The zero-order chi connectivity index (χ0) is 13.4. The first-order valence-corrected chi connectivity index (χ1v) is 9.67. The van der Waals surface area contributed by atoms with Crippen LogP contribution in [0.5, 0.6) is 0 Å². The fraction of sp³-hybridized carbons (Fsp3) is 1.00. The van der Waals surface area contributed by atoms with Crippen LogP contribution in [0.3, 0.4) is 0 Å². The Kier molecular flexibility index (Phi) is 9.80. The molecule has 0 aliphatic rings. The zero-order valence-corrected chi connectivity index (χ0v) is 12.6. The lowest BCUT2D eigenvalue weighted by Crippen LogP contribution is -2.14. The van der Waals surface area contributed by atoms with Gasteiger partial charge in [0, 0.05) is 7.26 Å². The first kappa shape index (κ1) is 18.7. The van der Waals surface area contributed by atoms with Crippen LogP contribution >= 0.6 is 7.26 Å². The largest absolute Gasteiger partial charge is 0.746 e. The fourth-order valence-electron chi connectivity index (χ4n) is 1.34. The minimum atomic E-state index is -4.44. The van der Waals surface area contributed by atoms with Crippen molar-refractivity contribution < 1.29 is 18.1 Å². The van der Waals surface area contributed by atoms with E-state index in [-0.39, 0.29) is 0 Å². The Morgan fingerprint density at radius 3 is 1.25 bits per heavy atom. The lowest BCUT2D eigenvalue weighted by molar-refractivity contribution is 0.249. The van der Waals surface area contributed by atoms with E-state index < -0.39 is 22.8 Å². The van der Waals surface area contributed by atoms with Gasteiger partial charge >= 0.3 is 0 Å². The second-order valence-electron chi connectivity index (χ2n) is 3.70. The van der Waals surface area contributed by atoms with Crippen molar-refractivity contribution in [2.75, 3.05) is 24.6 Å². The van der Waals surface area contributed by atoms with E-state index in [1.54, 1.807) is 0 Å². The monoisotopic (exact) mass is 272 g/mol. The predicted molar refractivity (Wildman–Crippen MR) is 70.5 cm³/mol. The van der Waals surface area contributed by atoms with E-state index in [0.717, 1.165) is 6.92 Å². The standard InChI is InChI=1S/C8H20P.C2H6O4S/c1-5-9(6-2,7-3)8-4;1-2(3)7(4,5)6/h5-8H2,1-4H3;2-3H,1H3,(H,4,5,6)/q+1;/p-1. The average Bonchev–Trinajstić information content (AvgIpc) is 2.21. The topological polar surface area (TPSA) is 77.4 Å². The predicted octanol–water partition coefficient (Wildman–Crippen LogP) is 1.95. The summed E-state index contributed by atoms with van der Waals surface area (Å²) < 4.78 is 28.6. The van der Waals surface area contributed by atoms with Crippen LogP contribution in [0, 0.1) is 0 Å². The molecular weight excluding hydrogens is 247 g/mol. The highest BCUT2D eigenvalue weighted by Gasteiger charge is 2.27. The summed E-state index contributed by atoms with van der Waals surface area (Å²) in [5.74, 6) is 0. The molecule has 0 saturated heterocycles. The molecule has 0 radical (unpaired) electrons. The van der Waals surface area contributed by atoms with Gasteiger partial charge in [-0.2, -0.15) is 0 Å². The SMILES string of the molecule is CC(O)S(=O)(=O)[O-].CC[P+](CC)(CC)CC. The molecule has 0 aliphatic carbocycles. The molecule has 0 amide bonds. The third-order valence-electron chi connectivity index (χ3n) is 3.10. The molecule has 0 aromatic heterocycles. The molecule has 1 N–H and O–H groups in total. The third kappa shape index (κ3) is 7.55. The Hall–Kier alpha value is 0.300. The molecule has 0 aromatic rings. The Morgan fingerprint density at radius 1 is 1.06 bits per heavy atom. The van der Waals surface area contributed by atoms with Gasteiger partial charge in [0.25, 0.3) is 0 Å². The van der Waals surface area contributed by atoms with Gasteiger partial charge in [-0.3, -0.25) is 0 Å². The Bertz CT molecular complexity index is 240. The minimum absolute atomic E-state index is 0.420. The van der Waals surface area contributed by atoms with E-state index >= 15 is 0 Å². The Labute approximate surface area is 101 Å². The van der Waals surface area contributed by atoms with Crippen molar-refractivity contribution in [1.82, 2.24) is 0 Å². The minimum Gasteiger partial charge on any atom is -0.746 e. The molecule has 0 spiro atoms. The second kappa shape index (κ2) is 8.40. The van der Waals surface area contributed by atoms with E-state index in [9.17, 15) is 13.0 Å². The van der Waals surface area contributed by atoms with Gasteiger partial charge in [0.15, 0.2) is 0 Å². The van der Waals surface area contributed by atoms with Gasteiger partial charge in [0.1, 0.15) is 15.6 Å². The van der Waals surface area contributed by atoms with Crippen molar-refractivity contribution in [3.8, 4) is 0 Å². The maximum absolute atomic E-state index is 9.53. The van der Waals surface area contributed by atoms with Crippen LogP contribution in [-0.4, -0.2) is 48.2 Å². The van der Waals surface area contributed by atoms with Crippen LogP contribution in [0.4, 0.5) is 0 Å². The number of hydrogen-bond acceptors (Lipinski definition) is 4. The van der Waals surface area contributed by atoms with Gasteiger partial charge in [-0.25, -0.2) is 8.42 Å². The molecule has 0 rings (SSSR count). The normalized spacial score (nSPS) is 13.9. The lowest BCUT2D eigenvalue weighted by Gasteiger charge is -2.20. The van der Waals surface area contributed by atoms with Crippen LogP contribution in [0.2, 0.25) is 0 Å². The molecule has 1 unspecified atom stereocenters. The molecule has 0 saturated carbocycles. The van der Waals surface area contributed by atoms with Gasteiger partial charge in [0.2, 0.25) is 0 Å². The highest BCUT2D eigenvalue weighted by atomic mass is 32.2. The first-order valence-electron chi connectivity index (χ1n) is 5.66. The molecule has 100 valence electrons. The third-order valence-corrected chi connectivity index (χ3v) is 9.30. The average molecular weight is 272 g/mol. The number of aliphatic hydroxyl groups is 1. The summed E-state index contributed by atoms with van der Waals surface area (Å²) in [6.07, 6.45) is 5.82. The molecule has 16 heavy (non-hydrogen) atoms. The van der Waals surface area contributed by atoms with E-state index in [2.05, 4.69) is 27.7 Å². The van der Waals surface area contributed by atoms with Crippen LogP contribution in [-0.2, 0) is 10.1 Å². The second-order valence-corrected chi connectivity index (χ2v) is 10.6. The first-order chi connectivity index (χ1) is 7.19. The summed E-state index contributed by atoms with van der Waals surface area (Å²) in [5.41, 5.74) is -1.78. The van der Waals surface area contributed by atoms with Gasteiger partial charge in [-0.15, -0.1) is 0 Å². The van der Waals surface area contributed by atoms with Crippen molar-refractivity contribution in [1.29, 1.82) is 0 Å². The Balaban J connectivity index is 0. The number of rotatable bonds is 5. The highest BCUT2D eigenvalue weighted by molar-refractivity contribution is 7.86. The molecule has 6 heteroatoms. The van der Waals surface area contributed by atoms with Gasteiger partial charge in [-0.05, 0) is 34.6 Å². The fourth-order valence-corrected chi connectivity index (χ4v) is 4.02. The summed E-state index contributed by atoms with van der Waals surface area (Å²) in [6, 6.07) is 0. The summed E-state index contributed by atoms with van der Waals surface area (Å²) in [4.78, 5) is 0. The number of hydrogen-bond donors (Lipinski definition) is 1.